The Morgan fingerprint density at radius 2 is 1.88 bits per heavy atom. The van der Waals surface area contributed by atoms with E-state index in [2.05, 4.69) is 18.1 Å². The van der Waals surface area contributed by atoms with Gasteiger partial charge in [-0.25, -0.2) is 0 Å². The van der Waals surface area contributed by atoms with Gasteiger partial charge in [0.1, 0.15) is 29.5 Å². The van der Waals surface area contributed by atoms with Gasteiger partial charge in [0.05, 0.1) is 42.1 Å². The predicted octanol–water partition coefficient (Wildman–Crippen LogP) is 0.579. The molecule has 1 heterocycles. The molecule has 2 aromatic rings. The number of Topliss-reactive ketones (excluding diaryl/α,β-unsaturated/α-hetero) is 1. The van der Waals surface area contributed by atoms with Crippen LogP contribution in [0.1, 0.15) is 68.8 Å². The zero-order chi connectivity index (χ0) is 29.8. The molecule has 2 aromatic carbocycles. The van der Waals surface area contributed by atoms with Crippen LogP contribution < -0.4 is 10.1 Å². The van der Waals surface area contributed by atoms with Crippen LogP contribution in [0.15, 0.2) is 24.8 Å². The zero-order valence-corrected chi connectivity index (χ0v) is 27.7. The Morgan fingerprint density at radius 3 is 2.52 bits per heavy atom. The van der Waals surface area contributed by atoms with Crippen molar-refractivity contribution in [1.82, 2.24) is 5.32 Å². The number of rotatable bonds is 7. The van der Waals surface area contributed by atoms with Gasteiger partial charge in [-0.2, -0.15) is 0 Å². The van der Waals surface area contributed by atoms with Crippen LogP contribution in [0.4, 0.5) is 0 Å². The number of fused-ring (bicyclic) bond motifs is 3. The van der Waals surface area contributed by atoms with Crippen molar-refractivity contribution in [2.45, 2.75) is 62.4 Å². The number of phenols is 2. The fourth-order valence-corrected chi connectivity index (χ4v) is 5.99. The first kappa shape index (κ1) is 32.5. The topological polar surface area (TPSA) is 192 Å². The number of aliphatic hydroxyl groups is 3. The molecule has 12 nitrogen and oxygen atoms in total. The Morgan fingerprint density at radius 1 is 1.19 bits per heavy atom. The maximum Gasteiger partial charge on any atom is 0.202 e. The number of hydrogen-bond donors (Lipinski definition) is 6. The van der Waals surface area contributed by atoms with Gasteiger partial charge in [-0.3, -0.25) is 21.0 Å². The third-order valence-electron chi connectivity index (χ3n) is 8.05. The standard InChI is InChI=1S/C29H30NO11.Ac/c1-4-30-15-8-19(40-12(2)24(15)33)41-17-10-29(38,18(32)11-31)9-14-21(17)28(37)23-22(26(14)35)25(34)13-6-5-7-16(39-3)20(13)27(23)36;/h5-7,12,15,17,19,24,30-31,33,35,37-38H,1,8-11H2,2-3H3;/q-1;. The molecular weight excluding hydrogens is 765 g/mol. The Hall–Kier alpha value is -2.37. The molecule has 0 spiro atoms. The number of carbonyl (C=O) groups is 3. The van der Waals surface area contributed by atoms with Crippen molar-refractivity contribution < 1.29 is 98.2 Å². The third kappa shape index (κ3) is 5.19. The summed E-state index contributed by atoms with van der Waals surface area (Å²) in [6.07, 6.45) is -2.56. The smallest absolute Gasteiger partial charge is 0.202 e. The SMILES string of the molecule is C=[C-]NC1CC(OC2CC(O)(C(=O)CO)Cc3c(O)c4c(c(O)c32)C(=O)c2c(OC)cccc2C4=O)OC(C)C1O.[Ac]. The maximum atomic E-state index is 13.7. The van der Waals surface area contributed by atoms with Gasteiger partial charge in [-0.15, -0.1) is 0 Å². The van der Waals surface area contributed by atoms with E-state index in [9.17, 15) is 39.9 Å². The molecule has 6 atom stereocenters. The van der Waals surface area contributed by atoms with Gasteiger partial charge in [0, 0.05) is 86.1 Å². The summed E-state index contributed by atoms with van der Waals surface area (Å²) in [6, 6.07) is 3.78. The molecule has 1 aliphatic heterocycles. The fourth-order valence-electron chi connectivity index (χ4n) is 5.99. The summed E-state index contributed by atoms with van der Waals surface area (Å²) in [5.74, 6) is -3.78. The summed E-state index contributed by atoms with van der Waals surface area (Å²) in [6.45, 7) is 4.07. The molecule has 5 rings (SSSR count). The van der Waals surface area contributed by atoms with Crippen molar-refractivity contribution in [3.8, 4) is 17.2 Å². The van der Waals surface area contributed by atoms with Crippen LogP contribution >= 0.6 is 0 Å². The predicted molar refractivity (Wildman–Crippen MR) is 140 cm³/mol. The molecule has 13 heteroatoms. The molecule has 6 N–H and O–H groups in total. The van der Waals surface area contributed by atoms with Crippen molar-refractivity contribution in [3.05, 3.63) is 64.4 Å². The van der Waals surface area contributed by atoms with E-state index in [4.69, 9.17) is 14.2 Å². The number of aromatic hydroxyl groups is 2. The minimum Gasteiger partial charge on any atom is -0.563 e. The summed E-state index contributed by atoms with van der Waals surface area (Å²) >= 11 is 0. The molecule has 6 unspecified atom stereocenters. The minimum atomic E-state index is -2.25. The Labute approximate surface area is 276 Å². The van der Waals surface area contributed by atoms with Crippen LogP contribution in [0.5, 0.6) is 17.2 Å². The molecule has 0 amide bonds. The molecule has 42 heavy (non-hydrogen) atoms. The van der Waals surface area contributed by atoms with Crippen molar-refractivity contribution in [2.75, 3.05) is 13.7 Å². The van der Waals surface area contributed by atoms with Crippen LogP contribution in [0.3, 0.4) is 0 Å². The second-order valence-corrected chi connectivity index (χ2v) is 10.4. The van der Waals surface area contributed by atoms with Gasteiger partial charge in [0.2, 0.25) is 5.78 Å². The number of ketones is 3. The first-order valence-electron chi connectivity index (χ1n) is 13.0. The minimum absolute atomic E-state index is 0. The first-order valence-corrected chi connectivity index (χ1v) is 13.0. The van der Waals surface area contributed by atoms with E-state index in [-0.39, 0.29) is 78.5 Å². The van der Waals surface area contributed by atoms with E-state index in [1.807, 2.05) is 0 Å². The monoisotopic (exact) mass is 795 g/mol. The average molecular weight is 796 g/mol. The molecule has 0 aromatic heterocycles. The van der Waals surface area contributed by atoms with E-state index in [1.165, 1.54) is 25.3 Å². The summed E-state index contributed by atoms with van der Waals surface area (Å²) < 4.78 is 17.2. The molecule has 0 saturated carbocycles. The van der Waals surface area contributed by atoms with Gasteiger partial charge in [-0.1, -0.05) is 12.1 Å². The number of carbonyl (C=O) groups excluding carboxylic acids is 3. The number of benzene rings is 2. The van der Waals surface area contributed by atoms with Crippen molar-refractivity contribution >= 4 is 17.3 Å². The average Bonchev–Trinajstić information content (AvgIpc) is 2.95. The van der Waals surface area contributed by atoms with Crippen LogP contribution in [-0.2, 0) is 20.7 Å². The molecule has 1 saturated heterocycles. The van der Waals surface area contributed by atoms with Gasteiger partial charge in [-0.05, 0) is 13.0 Å². The van der Waals surface area contributed by atoms with E-state index in [1.54, 1.807) is 6.92 Å². The fraction of sp³-hybridized carbons (Fsp3) is 0.414. The summed E-state index contributed by atoms with van der Waals surface area (Å²) in [4.78, 5) is 39.9. The van der Waals surface area contributed by atoms with Crippen LogP contribution in [0.2, 0.25) is 0 Å². The number of ether oxygens (including phenoxy) is 3. The van der Waals surface area contributed by atoms with Gasteiger partial charge >= 0.3 is 0 Å². The molecule has 2 aliphatic carbocycles. The Kier molecular flexibility index (Phi) is 9.55. The third-order valence-corrected chi connectivity index (χ3v) is 8.05. The quantitative estimate of drug-likeness (QED) is 0.111. The number of hydrogen-bond acceptors (Lipinski definition) is 12. The molecule has 1 fully saturated rings. The van der Waals surface area contributed by atoms with Crippen molar-refractivity contribution in [3.63, 3.8) is 0 Å². The number of methoxy groups -OCH3 is 1. The van der Waals surface area contributed by atoms with Gasteiger partial charge in [0.25, 0.3) is 0 Å². The summed E-state index contributed by atoms with van der Waals surface area (Å²) in [7, 11) is 1.32. The largest absolute Gasteiger partial charge is 0.563 e. The van der Waals surface area contributed by atoms with Crippen LogP contribution in [0.25, 0.3) is 0 Å². The molecule has 1 radical (unpaired) electrons. The van der Waals surface area contributed by atoms with E-state index in [0.29, 0.717) is 0 Å². The zero-order valence-electron chi connectivity index (χ0n) is 22.9. The van der Waals surface area contributed by atoms with Crippen molar-refractivity contribution in [2.24, 2.45) is 0 Å². The van der Waals surface area contributed by atoms with Gasteiger partial charge in [0.15, 0.2) is 17.9 Å². The summed E-state index contributed by atoms with van der Waals surface area (Å²) in [5, 5.41) is 57.1. The second kappa shape index (κ2) is 12.3. The normalized spacial score (nSPS) is 28.1. The van der Waals surface area contributed by atoms with Crippen molar-refractivity contribution in [1.29, 1.82) is 0 Å². The first-order chi connectivity index (χ1) is 19.5. The maximum absolute atomic E-state index is 13.7. The molecule has 221 valence electrons. The van der Waals surface area contributed by atoms with Gasteiger partial charge < -0.3 is 51.3 Å². The number of nitrogens with one attached hydrogen (secondary N) is 1. The second-order valence-electron chi connectivity index (χ2n) is 10.4. The number of aliphatic hydroxyl groups excluding tert-OH is 2. The Balaban J connectivity index is 0.00000405. The summed E-state index contributed by atoms with van der Waals surface area (Å²) in [5.41, 5.74) is -3.64. The van der Waals surface area contributed by atoms with E-state index >= 15 is 0 Å². The molecule has 3 aliphatic rings. The molecule has 0 bridgehead atoms. The number of phenolic OH excluding ortho intramolecular Hbond substituents is 2. The molecular formula is C29H30AcNO11-. The van der Waals surface area contributed by atoms with E-state index < -0.39 is 95.7 Å². The Bertz CT molecular complexity index is 1460. The van der Waals surface area contributed by atoms with Crippen LogP contribution in [-0.4, -0.2) is 86.7 Å². The van der Waals surface area contributed by atoms with E-state index in [0.717, 1.165) is 0 Å². The van der Waals surface area contributed by atoms with Crippen LogP contribution in [0, 0.1) is 50.3 Å².